The number of amides is 1. The van der Waals surface area contributed by atoms with Crippen molar-refractivity contribution in [3.63, 3.8) is 0 Å². The molecule has 0 unspecified atom stereocenters. The molecule has 0 saturated carbocycles. The van der Waals surface area contributed by atoms with E-state index in [0.717, 1.165) is 4.47 Å². The van der Waals surface area contributed by atoms with Gasteiger partial charge in [0.1, 0.15) is 11.3 Å². The third-order valence-corrected chi connectivity index (χ3v) is 4.67. The Kier molecular flexibility index (Phi) is 5.27. The largest absolute Gasteiger partial charge is 0.421 e. The SMILES string of the molecule is O=C(/C=C/c1cccc(Cl)c1Cl)Nc1cc2cc(Br)ccc2oc1=O. The van der Waals surface area contributed by atoms with E-state index in [9.17, 15) is 9.59 Å². The highest BCUT2D eigenvalue weighted by Gasteiger charge is 2.08. The number of carbonyl (C=O) groups is 1. The second-order valence-electron chi connectivity index (χ2n) is 5.10. The van der Waals surface area contributed by atoms with E-state index in [0.29, 0.717) is 26.6 Å². The van der Waals surface area contributed by atoms with Gasteiger partial charge in [-0.05, 0) is 42.0 Å². The molecule has 0 spiro atoms. The molecule has 2 aromatic carbocycles. The lowest BCUT2D eigenvalue weighted by atomic mass is 10.2. The number of anilines is 1. The maximum atomic E-state index is 12.1. The van der Waals surface area contributed by atoms with Crippen molar-refractivity contribution in [1.29, 1.82) is 0 Å². The molecule has 7 heteroatoms. The number of hydrogen-bond acceptors (Lipinski definition) is 3. The maximum absolute atomic E-state index is 12.1. The molecular weight excluding hydrogens is 429 g/mol. The molecule has 0 radical (unpaired) electrons. The Morgan fingerprint density at radius 2 is 1.96 bits per heavy atom. The molecule has 3 aromatic rings. The van der Waals surface area contributed by atoms with Gasteiger partial charge in [0.05, 0.1) is 10.0 Å². The first-order valence-corrected chi connectivity index (χ1v) is 8.65. The van der Waals surface area contributed by atoms with Gasteiger partial charge in [0.25, 0.3) is 0 Å². The van der Waals surface area contributed by atoms with E-state index < -0.39 is 11.5 Å². The minimum Gasteiger partial charge on any atom is -0.421 e. The summed E-state index contributed by atoms with van der Waals surface area (Å²) in [6, 6.07) is 11.9. The van der Waals surface area contributed by atoms with E-state index in [-0.39, 0.29) is 5.69 Å². The van der Waals surface area contributed by atoms with Crippen LogP contribution in [0, 0.1) is 0 Å². The summed E-state index contributed by atoms with van der Waals surface area (Å²) in [6.45, 7) is 0. The van der Waals surface area contributed by atoms with Crippen LogP contribution in [0.1, 0.15) is 5.56 Å². The molecule has 0 aliphatic heterocycles. The van der Waals surface area contributed by atoms with Gasteiger partial charge in [-0.25, -0.2) is 4.79 Å². The van der Waals surface area contributed by atoms with Crippen LogP contribution >= 0.6 is 39.1 Å². The van der Waals surface area contributed by atoms with Crippen LogP contribution in [-0.2, 0) is 4.79 Å². The number of hydrogen-bond donors (Lipinski definition) is 1. The smallest absolute Gasteiger partial charge is 0.360 e. The van der Waals surface area contributed by atoms with E-state index in [2.05, 4.69) is 21.2 Å². The van der Waals surface area contributed by atoms with Crippen LogP contribution in [0.5, 0.6) is 0 Å². The normalized spacial score (nSPS) is 11.2. The summed E-state index contributed by atoms with van der Waals surface area (Å²) in [7, 11) is 0. The van der Waals surface area contributed by atoms with E-state index >= 15 is 0 Å². The van der Waals surface area contributed by atoms with Crippen LogP contribution in [-0.4, -0.2) is 5.91 Å². The second-order valence-corrected chi connectivity index (χ2v) is 6.80. The van der Waals surface area contributed by atoms with E-state index in [4.69, 9.17) is 27.6 Å². The van der Waals surface area contributed by atoms with Gasteiger partial charge in [-0.3, -0.25) is 4.79 Å². The fraction of sp³-hybridized carbons (Fsp3) is 0. The number of halogens is 3. The molecule has 0 aliphatic carbocycles. The highest BCUT2D eigenvalue weighted by molar-refractivity contribution is 9.10. The third kappa shape index (κ3) is 4.12. The van der Waals surface area contributed by atoms with Gasteiger partial charge in [-0.1, -0.05) is 51.3 Å². The minimum atomic E-state index is -0.627. The second kappa shape index (κ2) is 7.44. The molecule has 1 amide bonds. The summed E-state index contributed by atoms with van der Waals surface area (Å²) >= 11 is 15.3. The molecule has 0 atom stereocenters. The molecule has 0 saturated heterocycles. The lowest BCUT2D eigenvalue weighted by Crippen LogP contribution is -2.15. The highest BCUT2D eigenvalue weighted by atomic mass is 79.9. The third-order valence-electron chi connectivity index (χ3n) is 3.35. The zero-order valence-corrected chi connectivity index (χ0v) is 15.7. The van der Waals surface area contributed by atoms with Crippen LogP contribution in [0.4, 0.5) is 5.69 Å². The number of nitrogens with one attached hydrogen (secondary N) is 1. The van der Waals surface area contributed by atoms with Crippen molar-refractivity contribution in [1.82, 2.24) is 0 Å². The Balaban J connectivity index is 1.84. The molecule has 1 N–H and O–H groups in total. The highest BCUT2D eigenvalue weighted by Crippen LogP contribution is 2.26. The zero-order chi connectivity index (χ0) is 18.0. The van der Waals surface area contributed by atoms with Crippen molar-refractivity contribution in [2.45, 2.75) is 0 Å². The molecule has 126 valence electrons. The number of benzene rings is 2. The first-order valence-electron chi connectivity index (χ1n) is 7.10. The van der Waals surface area contributed by atoms with Crippen molar-refractivity contribution in [2.24, 2.45) is 0 Å². The molecule has 1 aromatic heterocycles. The van der Waals surface area contributed by atoms with Crippen LogP contribution in [0.3, 0.4) is 0 Å². The van der Waals surface area contributed by atoms with Gasteiger partial charge in [0.15, 0.2) is 0 Å². The first kappa shape index (κ1) is 17.7. The van der Waals surface area contributed by atoms with Crippen LogP contribution < -0.4 is 10.9 Å². The van der Waals surface area contributed by atoms with Gasteiger partial charge < -0.3 is 9.73 Å². The van der Waals surface area contributed by atoms with Gasteiger partial charge in [-0.2, -0.15) is 0 Å². The predicted molar refractivity (Wildman–Crippen MR) is 104 cm³/mol. The van der Waals surface area contributed by atoms with Crippen LogP contribution in [0.2, 0.25) is 10.0 Å². The van der Waals surface area contributed by atoms with Gasteiger partial charge in [0, 0.05) is 15.9 Å². The number of fused-ring (bicyclic) bond motifs is 1. The van der Waals surface area contributed by atoms with E-state index in [1.54, 1.807) is 42.5 Å². The average molecular weight is 439 g/mol. The Morgan fingerprint density at radius 3 is 2.76 bits per heavy atom. The molecule has 0 aliphatic rings. The van der Waals surface area contributed by atoms with Gasteiger partial charge in [0.2, 0.25) is 5.91 Å². The quantitative estimate of drug-likeness (QED) is 0.433. The van der Waals surface area contributed by atoms with E-state index in [1.165, 1.54) is 12.2 Å². The monoisotopic (exact) mass is 437 g/mol. The lowest BCUT2D eigenvalue weighted by molar-refractivity contribution is -0.111. The van der Waals surface area contributed by atoms with Crippen molar-refractivity contribution in [3.05, 3.63) is 79.0 Å². The molecule has 25 heavy (non-hydrogen) atoms. The van der Waals surface area contributed by atoms with Crippen LogP contribution in [0.25, 0.3) is 17.0 Å². The standard InChI is InChI=1S/C18H10BrCl2NO3/c19-12-5-6-15-11(8-12)9-14(18(24)25-15)22-16(23)7-4-10-2-1-3-13(20)17(10)21/h1-9H,(H,22,23)/b7-4+. The van der Waals surface area contributed by atoms with Gasteiger partial charge in [-0.15, -0.1) is 0 Å². The summed E-state index contributed by atoms with van der Waals surface area (Å²) in [5.74, 6) is -0.488. The summed E-state index contributed by atoms with van der Waals surface area (Å²) in [4.78, 5) is 24.0. The number of carbonyl (C=O) groups excluding carboxylic acids is 1. The zero-order valence-electron chi connectivity index (χ0n) is 12.6. The van der Waals surface area contributed by atoms with Crippen molar-refractivity contribution >= 4 is 67.8 Å². The van der Waals surface area contributed by atoms with E-state index in [1.807, 2.05) is 0 Å². The average Bonchev–Trinajstić information content (AvgIpc) is 2.57. The molecule has 0 fully saturated rings. The van der Waals surface area contributed by atoms with Crippen molar-refractivity contribution in [2.75, 3.05) is 5.32 Å². The summed E-state index contributed by atoms with van der Waals surface area (Å²) < 4.78 is 6.03. The molecule has 3 rings (SSSR count). The first-order chi connectivity index (χ1) is 11.9. The molecular formula is C18H10BrCl2NO3. The molecule has 0 bridgehead atoms. The summed E-state index contributed by atoms with van der Waals surface area (Å²) in [5, 5.41) is 3.93. The Morgan fingerprint density at radius 1 is 1.16 bits per heavy atom. The summed E-state index contributed by atoms with van der Waals surface area (Å²) in [6.07, 6.45) is 2.78. The Labute approximate surface area is 161 Å². The van der Waals surface area contributed by atoms with Gasteiger partial charge >= 0.3 is 5.63 Å². The fourth-order valence-corrected chi connectivity index (χ4v) is 2.92. The Bertz CT molecular complexity index is 1060. The minimum absolute atomic E-state index is 0.0532. The fourth-order valence-electron chi connectivity index (χ4n) is 2.17. The van der Waals surface area contributed by atoms with Crippen molar-refractivity contribution in [3.8, 4) is 0 Å². The van der Waals surface area contributed by atoms with Crippen molar-refractivity contribution < 1.29 is 9.21 Å². The topological polar surface area (TPSA) is 59.3 Å². The molecule has 1 heterocycles. The predicted octanol–water partition coefficient (Wildman–Crippen LogP) is 5.51. The lowest BCUT2D eigenvalue weighted by Gasteiger charge is -2.03. The van der Waals surface area contributed by atoms with Crippen LogP contribution in [0.15, 0.2) is 62.2 Å². The molecule has 4 nitrogen and oxygen atoms in total. The summed E-state index contributed by atoms with van der Waals surface area (Å²) in [5.41, 5.74) is 0.459. The number of rotatable bonds is 3. The maximum Gasteiger partial charge on any atom is 0.360 e. The Hall–Kier alpha value is -2.08.